The van der Waals surface area contributed by atoms with Crippen molar-refractivity contribution in [1.82, 2.24) is 0 Å². The van der Waals surface area contributed by atoms with E-state index in [4.69, 9.17) is 18.9 Å². The van der Waals surface area contributed by atoms with Crippen LogP contribution in [0.2, 0.25) is 0 Å². The van der Waals surface area contributed by atoms with Gasteiger partial charge in [0.2, 0.25) is 0 Å². The molecule has 0 bridgehead atoms. The molecule has 58 heavy (non-hydrogen) atoms. The number of ether oxygens (including phenoxy) is 4. The van der Waals surface area contributed by atoms with Gasteiger partial charge >= 0.3 is 11.9 Å². The lowest BCUT2D eigenvalue weighted by Gasteiger charge is -2.40. The second kappa shape index (κ2) is 35.8. The summed E-state index contributed by atoms with van der Waals surface area (Å²) in [5, 5.41) is 30.9. The summed E-state index contributed by atoms with van der Waals surface area (Å²) in [6.07, 6.45) is 29.4. The summed E-state index contributed by atoms with van der Waals surface area (Å²) in [5.74, 6) is -2.01. The van der Waals surface area contributed by atoms with Gasteiger partial charge in [0.25, 0.3) is 10.1 Å². The van der Waals surface area contributed by atoms with Crippen LogP contribution in [-0.2, 0) is 38.7 Å². The molecule has 1 heterocycles. The quantitative estimate of drug-likeness (QED) is 0.0200. The minimum absolute atomic E-state index is 0.135. The van der Waals surface area contributed by atoms with E-state index in [1.165, 1.54) is 109 Å². The van der Waals surface area contributed by atoms with Crippen molar-refractivity contribution in [2.45, 2.75) is 230 Å². The van der Waals surface area contributed by atoms with Crippen LogP contribution in [-0.4, -0.2) is 96.0 Å². The first-order chi connectivity index (χ1) is 28.0. The molecular formula is C45H82O12S. The van der Waals surface area contributed by atoms with Gasteiger partial charge in [0.1, 0.15) is 36.8 Å². The first-order valence-electron chi connectivity index (χ1n) is 22.9. The number of aliphatic hydroxyl groups excluding tert-OH is 3. The first-order valence-corrected chi connectivity index (χ1v) is 24.5. The standard InChI is InChI=1S/C45H82O12S/c1-3-5-7-9-11-13-15-17-19-21-23-25-27-29-31-33-40(46)54-35-38(36-55-45-44(50)43(49)42(48)39(57-45)37-58(51,52)53)56-41(47)34-32-30-28-26-24-22-20-18-16-14-12-10-8-6-4-2/h13,15,24,26,38-39,42-45,48-50H,3-12,14,16-23,25,27-37H2,1-2H3,(H,51,52,53)/b15-13+,26-24+/t38-,39-,42-,43?,44?,45+/m1/s1. The van der Waals surface area contributed by atoms with Gasteiger partial charge in [-0.05, 0) is 64.2 Å². The number of hydrogen-bond donors (Lipinski definition) is 4. The Balaban J connectivity index is 2.46. The third kappa shape index (κ3) is 30.2. The molecule has 0 radical (unpaired) electrons. The molecule has 2 unspecified atom stereocenters. The van der Waals surface area contributed by atoms with Crippen molar-refractivity contribution in [3.05, 3.63) is 24.3 Å². The largest absolute Gasteiger partial charge is 0.462 e. The number of carbonyl (C=O) groups excluding carboxylic acids is 2. The highest BCUT2D eigenvalue weighted by molar-refractivity contribution is 7.85. The highest BCUT2D eigenvalue weighted by Crippen LogP contribution is 2.24. The maximum atomic E-state index is 12.8. The van der Waals surface area contributed by atoms with E-state index in [9.17, 15) is 37.9 Å². The van der Waals surface area contributed by atoms with Crippen molar-refractivity contribution < 1.29 is 56.8 Å². The fraction of sp³-hybridized carbons (Fsp3) is 0.867. The molecule has 1 aliphatic rings. The molecule has 0 amide bonds. The summed E-state index contributed by atoms with van der Waals surface area (Å²) >= 11 is 0. The molecule has 0 aromatic heterocycles. The number of allylic oxidation sites excluding steroid dienone is 4. The van der Waals surface area contributed by atoms with E-state index in [1.807, 2.05) is 0 Å². The van der Waals surface area contributed by atoms with Crippen LogP contribution in [0.15, 0.2) is 24.3 Å². The van der Waals surface area contributed by atoms with Crippen molar-refractivity contribution in [2.24, 2.45) is 0 Å². The molecule has 0 saturated carbocycles. The zero-order valence-corrected chi connectivity index (χ0v) is 37.0. The van der Waals surface area contributed by atoms with Crippen LogP contribution >= 0.6 is 0 Å². The molecule has 4 N–H and O–H groups in total. The number of aliphatic hydroxyl groups is 3. The maximum Gasteiger partial charge on any atom is 0.306 e. The van der Waals surface area contributed by atoms with Crippen LogP contribution in [0, 0.1) is 0 Å². The molecule has 1 saturated heterocycles. The third-order valence-electron chi connectivity index (χ3n) is 10.5. The number of esters is 2. The van der Waals surface area contributed by atoms with E-state index < -0.39 is 71.2 Å². The van der Waals surface area contributed by atoms with Crippen LogP contribution in [0.4, 0.5) is 0 Å². The van der Waals surface area contributed by atoms with Crippen LogP contribution in [0.1, 0.15) is 194 Å². The molecule has 1 rings (SSSR count). The lowest BCUT2D eigenvalue weighted by molar-refractivity contribution is -0.297. The lowest BCUT2D eigenvalue weighted by Crippen LogP contribution is -2.60. The average molecular weight is 847 g/mol. The second-order valence-electron chi connectivity index (χ2n) is 16.1. The molecule has 0 aliphatic carbocycles. The topological polar surface area (TPSA) is 186 Å². The van der Waals surface area contributed by atoms with Crippen LogP contribution in [0.3, 0.4) is 0 Å². The summed E-state index contributed by atoms with van der Waals surface area (Å²) in [6, 6.07) is 0. The first kappa shape index (κ1) is 54.1. The Kier molecular flexibility index (Phi) is 33.5. The van der Waals surface area contributed by atoms with Gasteiger partial charge in [-0.15, -0.1) is 0 Å². The molecule has 0 aromatic carbocycles. The summed E-state index contributed by atoms with van der Waals surface area (Å²) in [7, 11) is -4.60. The minimum atomic E-state index is -4.60. The zero-order valence-electron chi connectivity index (χ0n) is 36.2. The normalized spacial score (nSPS) is 20.6. The molecule has 6 atom stereocenters. The van der Waals surface area contributed by atoms with Gasteiger partial charge in [-0.2, -0.15) is 8.42 Å². The van der Waals surface area contributed by atoms with Crippen LogP contribution in [0.25, 0.3) is 0 Å². The monoisotopic (exact) mass is 847 g/mol. The van der Waals surface area contributed by atoms with Gasteiger partial charge < -0.3 is 34.3 Å². The predicted octanol–water partition coefficient (Wildman–Crippen LogP) is 9.23. The van der Waals surface area contributed by atoms with Crippen molar-refractivity contribution in [2.75, 3.05) is 19.0 Å². The van der Waals surface area contributed by atoms with E-state index >= 15 is 0 Å². The van der Waals surface area contributed by atoms with Crippen LogP contribution in [0.5, 0.6) is 0 Å². The molecule has 12 nitrogen and oxygen atoms in total. The Bertz CT molecular complexity index is 1180. The van der Waals surface area contributed by atoms with Crippen molar-refractivity contribution >= 4 is 22.1 Å². The Hall–Kier alpha value is -1.87. The Labute approximate surface area is 351 Å². The Morgan fingerprint density at radius 1 is 0.569 bits per heavy atom. The van der Waals surface area contributed by atoms with Crippen LogP contribution < -0.4 is 0 Å². The summed E-state index contributed by atoms with van der Waals surface area (Å²) in [6.45, 7) is 3.73. The third-order valence-corrected chi connectivity index (χ3v) is 11.3. The number of carbonyl (C=O) groups is 2. The molecule has 13 heteroatoms. The van der Waals surface area contributed by atoms with E-state index in [2.05, 4.69) is 38.2 Å². The van der Waals surface area contributed by atoms with Crippen molar-refractivity contribution in [3.63, 3.8) is 0 Å². The van der Waals surface area contributed by atoms with Crippen molar-refractivity contribution in [3.8, 4) is 0 Å². The smallest absolute Gasteiger partial charge is 0.306 e. The average Bonchev–Trinajstić information content (AvgIpc) is 3.18. The summed E-state index contributed by atoms with van der Waals surface area (Å²) < 4.78 is 54.0. The van der Waals surface area contributed by atoms with Gasteiger partial charge in [-0.1, -0.05) is 141 Å². The van der Waals surface area contributed by atoms with Gasteiger partial charge in [0, 0.05) is 12.8 Å². The van der Waals surface area contributed by atoms with Gasteiger partial charge in [0.15, 0.2) is 12.4 Å². The van der Waals surface area contributed by atoms with Gasteiger partial charge in [0.05, 0.1) is 6.61 Å². The molecular weight excluding hydrogens is 765 g/mol. The number of unbranched alkanes of at least 4 members (excludes halogenated alkanes) is 22. The van der Waals surface area contributed by atoms with E-state index in [1.54, 1.807) is 0 Å². The fourth-order valence-electron chi connectivity index (χ4n) is 6.90. The zero-order chi connectivity index (χ0) is 42.7. The fourth-order valence-corrected chi connectivity index (χ4v) is 7.59. The predicted molar refractivity (Wildman–Crippen MR) is 229 cm³/mol. The molecule has 1 aliphatic heterocycles. The van der Waals surface area contributed by atoms with E-state index in [0.29, 0.717) is 12.8 Å². The summed E-state index contributed by atoms with van der Waals surface area (Å²) in [4.78, 5) is 25.4. The molecule has 340 valence electrons. The lowest BCUT2D eigenvalue weighted by atomic mass is 10.00. The maximum absolute atomic E-state index is 12.8. The Morgan fingerprint density at radius 3 is 1.48 bits per heavy atom. The van der Waals surface area contributed by atoms with Gasteiger partial charge in [-0.25, -0.2) is 0 Å². The minimum Gasteiger partial charge on any atom is -0.462 e. The number of hydrogen-bond acceptors (Lipinski definition) is 11. The molecule has 1 fully saturated rings. The summed E-state index contributed by atoms with van der Waals surface area (Å²) in [5.41, 5.74) is 0. The highest BCUT2D eigenvalue weighted by atomic mass is 32.2. The number of rotatable bonds is 38. The molecule has 0 spiro atoms. The Morgan fingerprint density at radius 2 is 0.983 bits per heavy atom. The second-order valence-corrected chi connectivity index (χ2v) is 17.6. The van der Waals surface area contributed by atoms with E-state index in [0.717, 1.165) is 44.9 Å². The van der Waals surface area contributed by atoms with E-state index in [-0.39, 0.29) is 19.4 Å². The molecule has 0 aromatic rings. The van der Waals surface area contributed by atoms with Gasteiger partial charge in [-0.3, -0.25) is 14.1 Å². The SMILES string of the molecule is CCCCCC/C=C/CCCCCCCCCC(=O)OC[C@H](CO[C@H]1O[C@H](CS(=O)(=O)O)[C@@H](O)C(O)C1O)OC(=O)CCCC/C=C/CCCCCCCCCCC. The highest BCUT2D eigenvalue weighted by Gasteiger charge is 2.46. The van der Waals surface area contributed by atoms with Crippen molar-refractivity contribution in [1.29, 1.82) is 0 Å².